The monoisotopic (exact) mass is 1130 g/mol. The lowest BCUT2D eigenvalue weighted by Gasteiger charge is -2.39. The van der Waals surface area contributed by atoms with E-state index < -0.39 is 93.7 Å². The van der Waals surface area contributed by atoms with Crippen LogP contribution in [0.2, 0.25) is 0 Å². The van der Waals surface area contributed by atoms with Crippen LogP contribution in [-0.2, 0) is 55.8 Å². The lowest BCUT2D eigenvalue weighted by molar-refractivity contribution is -0.172. The van der Waals surface area contributed by atoms with Crippen LogP contribution in [0.3, 0.4) is 0 Å². The van der Waals surface area contributed by atoms with E-state index in [1.807, 2.05) is 115 Å². The maximum absolute atomic E-state index is 15.8. The van der Waals surface area contributed by atoms with Crippen molar-refractivity contribution >= 4 is 58.3 Å². The largest absolute Gasteiger partial charge is 0.508 e. The summed E-state index contributed by atoms with van der Waals surface area (Å²) in [6.07, 6.45) is 1.53. The normalized spacial score (nSPS) is 14.2. The highest BCUT2D eigenvalue weighted by atomic mass is 32.2. The van der Waals surface area contributed by atoms with Gasteiger partial charge in [-0.2, -0.15) is 0 Å². The molecule has 6 rings (SSSR count). The molecule has 0 aliphatic heterocycles. The van der Waals surface area contributed by atoms with Gasteiger partial charge in [-0.1, -0.05) is 135 Å². The molecule has 3 amide bonds. The summed E-state index contributed by atoms with van der Waals surface area (Å²) in [5.41, 5.74) is 18.9. The zero-order valence-corrected chi connectivity index (χ0v) is 48.3. The van der Waals surface area contributed by atoms with Gasteiger partial charge in [-0.25, -0.2) is 10.2 Å². The molecule has 1 unspecified atom stereocenters. The number of aromatic amines is 1. The molecule has 0 saturated carbocycles. The molecule has 0 saturated heterocycles. The number of nitrogens with one attached hydrogen (secondary N) is 4. The van der Waals surface area contributed by atoms with Gasteiger partial charge in [0.2, 0.25) is 11.8 Å². The lowest BCUT2D eigenvalue weighted by atomic mass is 9.84. The second-order valence-electron chi connectivity index (χ2n) is 22.6. The van der Waals surface area contributed by atoms with E-state index in [1.54, 1.807) is 73.7 Å². The summed E-state index contributed by atoms with van der Waals surface area (Å²) in [4.78, 5) is 89.5. The van der Waals surface area contributed by atoms with Crippen LogP contribution in [0.1, 0.15) is 109 Å². The minimum Gasteiger partial charge on any atom is -0.508 e. The number of fused-ring (bicyclic) bond motifs is 1. The van der Waals surface area contributed by atoms with Gasteiger partial charge in [-0.05, 0) is 131 Å². The summed E-state index contributed by atoms with van der Waals surface area (Å²) in [5, 5.41) is 28.5. The summed E-state index contributed by atoms with van der Waals surface area (Å²) >= 11 is 1.52. The molecule has 5 aromatic carbocycles. The first-order valence-corrected chi connectivity index (χ1v) is 28.4. The smallest absolute Gasteiger partial charge is 0.331 e. The molecule has 18 heteroatoms. The van der Waals surface area contributed by atoms with Crippen molar-refractivity contribution in [3.8, 4) is 5.75 Å². The highest BCUT2D eigenvalue weighted by Crippen LogP contribution is 2.48. The van der Waals surface area contributed by atoms with E-state index in [0.29, 0.717) is 11.1 Å². The third-order valence-corrected chi connectivity index (χ3v) is 15.0. The SMILES string of the molecule is CC(C)[C@@H](C(=O)OC(C)(C)C)N(N[C@@H](CCSC(c1ccccc1)(c1ccccc1)c1ccccc1)C(=O)O)C(=O)[C@H](CCCC(N)C(=O)OC(C)(C)C)NC(=O)[C@@H](Cc1c[nH]c2ccccc12)NC(=O)[C@@H](N)Cc1ccc(O)cc1. The van der Waals surface area contributed by atoms with Crippen molar-refractivity contribution in [1.29, 1.82) is 0 Å². The number of thioether (sulfide) groups is 1. The molecule has 17 nitrogen and oxygen atoms in total. The van der Waals surface area contributed by atoms with Crippen LogP contribution in [0, 0.1) is 5.92 Å². The molecule has 6 atom stereocenters. The highest BCUT2D eigenvalue weighted by Gasteiger charge is 2.43. The number of para-hydroxylation sites is 1. The molecule has 0 fully saturated rings. The van der Waals surface area contributed by atoms with E-state index in [4.69, 9.17) is 20.9 Å². The molecule has 0 bridgehead atoms. The van der Waals surface area contributed by atoms with Gasteiger partial charge < -0.3 is 46.8 Å². The summed E-state index contributed by atoms with van der Waals surface area (Å²) in [6.45, 7) is 13.5. The summed E-state index contributed by atoms with van der Waals surface area (Å²) < 4.78 is 10.7. The molecule has 1 heterocycles. The average molecular weight is 1130 g/mol. The number of ether oxygens (including phenoxy) is 2. The van der Waals surface area contributed by atoms with Crippen molar-refractivity contribution in [2.24, 2.45) is 17.4 Å². The fraction of sp³-hybridized carbons (Fsp3) is 0.397. The maximum atomic E-state index is 15.8. The van der Waals surface area contributed by atoms with Gasteiger partial charge in [0.15, 0.2) is 0 Å². The molecule has 10 N–H and O–H groups in total. The minimum atomic E-state index is -1.53. The summed E-state index contributed by atoms with van der Waals surface area (Å²) in [7, 11) is 0. The Bertz CT molecular complexity index is 2940. The van der Waals surface area contributed by atoms with Crippen LogP contribution in [0.5, 0.6) is 5.75 Å². The van der Waals surface area contributed by atoms with Crippen LogP contribution in [-0.4, -0.2) is 109 Å². The van der Waals surface area contributed by atoms with Crippen LogP contribution < -0.4 is 27.5 Å². The number of phenolic OH excluding ortho intramolecular Hbond substituents is 1. The molecule has 1 aromatic heterocycles. The van der Waals surface area contributed by atoms with Crippen molar-refractivity contribution in [2.75, 3.05) is 5.75 Å². The Morgan fingerprint density at radius 1 is 0.617 bits per heavy atom. The molecule has 6 aromatic rings. The van der Waals surface area contributed by atoms with Crippen molar-refractivity contribution in [3.05, 3.63) is 174 Å². The number of amides is 3. The van der Waals surface area contributed by atoms with Gasteiger partial charge >= 0.3 is 17.9 Å². The topological polar surface area (TPSA) is 268 Å². The Balaban J connectivity index is 1.39. The van der Waals surface area contributed by atoms with E-state index in [1.165, 1.54) is 23.9 Å². The van der Waals surface area contributed by atoms with E-state index in [-0.39, 0.29) is 50.0 Å². The van der Waals surface area contributed by atoms with Crippen LogP contribution in [0.4, 0.5) is 0 Å². The predicted octanol–water partition coefficient (Wildman–Crippen LogP) is 8.06. The molecular weight excluding hydrogens is 1050 g/mol. The Hall–Kier alpha value is -7.51. The van der Waals surface area contributed by atoms with Crippen LogP contribution in [0.15, 0.2) is 146 Å². The number of esters is 2. The Morgan fingerprint density at radius 3 is 1.67 bits per heavy atom. The number of rotatable bonds is 27. The summed E-state index contributed by atoms with van der Waals surface area (Å²) in [6, 6.07) is 35.3. The molecule has 0 aliphatic carbocycles. The standard InChI is InChI=1S/C63H79N7O10S/c1-40(2)54(60(78)80-62(6,7)8)70(69-52(58(75)76)35-36-81-63(43-21-12-9-13-22-43,44-23-14-10-15-24-44)45-25-16-11-17-26-45)57(74)51(30-20-28-48(64)59(77)79-61(3,4)5)67-56(73)53(38-42-39-66-50-29-19-18-27-47(42)50)68-55(72)49(65)37-41-31-33-46(71)34-32-41/h9-19,21-27,29,31-34,39-40,48-49,51-54,66,69,71H,20,28,30,35-38,64-65H2,1-8H3,(H,67,73)(H,68,72)(H,75,76)/t48?,49-,51-,52-,53+,54-/m0/s1. The van der Waals surface area contributed by atoms with E-state index in [2.05, 4.69) is 21.0 Å². The van der Waals surface area contributed by atoms with Crippen molar-refractivity contribution in [2.45, 2.75) is 146 Å². The minimum absolute atomic E-state index is 0.00422. The molecule has 432 valence electrons. The van der Waals surface area contributed by atoms with Gasteiger partial charge in [0.1, 0.15) is 47.2 Å². The van der Waals surface area contributed by atoms with E-state index in [0.717, 1.165) is 32.6 Å². The first-order chi connectivity index (χ1) is 38.4. The fourth-order valence-corrected chi connectivity index (χ4v) is 11.1. The van der Waals surface area contributed by atoms with Gasteiger partial charge in [0.05, 0.1) is 10.8 Å². The molecule has 0 aliphatic rings. The number of H-pyrrole nitrogens is 1. The zero-order valence-electron chi connectivity index (χ0n) is 47.5. The highest BCUT2D eigenvalue weighted by molar-refractivity contribution is 8.00. The zero-order chi connectivity index (χ0) is 59.1. The maximum Gasteiger partial charge on any atom is 0.331 e. The number of hydrogen-bond donors (Lipinski definition) is 8. The quantitative estimate of drug-likeness (QED) is 0.0138. The first-order valence-electron chi connectivity index (χ1n) is 27.4. The number of carbonyl (C=O) groups is 6. The molecule has 81 heavy (non-hydrogen) atoms. The third kappa shape index (κ3) is 17.5. The van der Waals surface area contributed by atoms with E-state index >= 15 is 9.59 Å². The third-order valence-electron chi connectivity index (χ3n) is 13.4. The molecule has 0 radical (unpaired) electrons. The number of carbonyl (C=O) groups excluding carboxylic acids is 5. The van der Waals surface area contributed by atoms with Crippen molar-refractivity contribution in [1.82, 2.24) is 26.1 Å². The fourth-order valence-electron chi connectivity index (χ4n) is 9.55. The van der Waals surface area contributed by atoms with Crippen LogP contribution >= 0.6 is 11.8 Å². The first kappa shape index (κ1) is 62.7. The number of nitrogens with two attached hydrogens (primary N) is 2. The predicted molar refractivity (Wildman–Crippen MR) is 315 cm³/mol. The Labute approximate surface area is 479 Å². The number of benzene rings is 5. The molecular formula is C63H79N7O10S. The number of aromatic nitrogens is 1. The summed E-state index contributed by atoms with van der Waals surface area (Å²) in [5.74, 6) is -5.65. The van der Waals surface area contributed by atoms with E-state index in [9.17, 15) is 29.4 Å². The number of aliphatic carboxylic acids is 1. The van der Waals surface area contributed by atoms with Crippen molar-refractivity contribution < 1.29 is 48.5 Å². The number of hydrazine groups is 1. The average Bonchev–Trinajstić information content (AvgIpc) is 3.75. The molecule has 0 spiro atoms. The van der Waals surface area contributed by atoms with Gasteiger partial charge in [0.25, 0.3) is 5.91 Å². The number of phenols is 1. The second-order valence-corrected chi connectivity index (χ2v) is 23.9. The number of aromatic hydroxyl groups is 1. The second kappa shape index (κ2) is 28.3. The Morgan fingerprint density at radius 2 is 1.14 bits per heavy atom. The van der Waals surface area contributed by atoms with Gasteiger partial charge in [0, 0.05) is 23.5 Å². The lowest BCUT2D eigenvalue weighted by Crippen LogP contribution is -2.65. The Kier molecular flexibility index (Phi) is 21.9. The number of carboxylic acids is 1. The van der Waals surface area contributed by atoms with Crippen LogP contribution in [0.25, 0.3) is 10.9 Å². The van der Waals surface area contributed by atoms with Gasteiger partial charge in [-0.15, -0.1) is 11.8 Å². The number of carboxylic acid groups (broad SMARTS) is 1. The van der Waals surface area contributed by atoms with Gasteiger partial charge in [-0.3, -0.25) is 29.0 Å². The number of hydrogen-bond acceptors (Lipinski definition) is 13. The van der Waals surface area contributed by atoms with Crippen molar-refractivity contribution in [3.63, 3.8) is 0 Å². The number of nitrogens with zero attached hydrogens (tertiary/aromatic N) is 1.